The van der Waals surface area contributed by atoms with Gasteiger partial charge in [0.25, 0.3) is 5.91 Å². The van der Waals surface area contributed by atoms with Crippen LogP contribution in [0.15, 0.2) is 48.5 Å². The third-order valence-corrected chi connectivity index (χ3v) is 6.00. The molecule has 0 bridgehead atoms. The number of anilines is 1. The number of halogens is 4. The average molecular weight is 513 g/mol. The van der Waals surface area contributed by atoms with Crippen molar-refractivity contribution in [3.63, 3.8) is 0 Å². The highest BCUT2D eigenvalue weighted by molar-refractivity contribution is 5.88. The van der Waals surface area contributed by atoms with Crippen LogP contribution >= 0.6 is 0 Å². The Labute approximate surface area is 205 Å². The number of hydrogen-bond donors (Lipinski definition) is 3. The summed E-state index contributed by atoms with van der Waals surface area (Å²) >= 11 is 0. The second-order valence-electron chi connectivity index (χ2n) is 8.38. The highest BCUT2D eigenvalue weighted by Gasteiger charge is 2.36. The van der Waals surface area contributed by atoms with Gasteiger partial charge in [0.1, 0.15) is 17.7 Å². The van der Waals surface area contributed by atoms with Crippen molar-refractivity contribution in [2.45, 2.75) is 31.7 Å². The molecule has 0 aromatic heterocycles. The fourth-order valence-electron chi connectivity index (χ4n) is 4.16. The summed E-state index contributed by atoms with van der Waals surface area (Å²) in [5.41, 5.74) is 2.46. The van der Waals surface area contributed by atoms with E-state index in [4.69, 9.17) is 5.21 Å². The number of aliphatic hydroxyl groups is 1. The van der Waals surface area contributed by atoms with Crippen molar-refractivity contribution < 1.29 is 42.2 Å². The molecule has 3 rings (SSSR count). The van der Waals surface area contributed by atoms with E-state index in [9.17, 15) is 32.3 Å². The molecule has 2 aromatic carbocycles. The van der Waals surface area contributed by atoms with Gasteiger partial charge in [0, 0.05) is 26.2 Å². The Morgan fingerprint density at radius 1 is 1.03 bits per heavy atom. The second-order valence-corrected chi connectivity index (χ2v) is 8.38. The lowest BCUT2D eigenvalue weighted by Gasteiger charge is -2.38. The molecule has 0 saturated carbocycles. The van der Waals surface area contributed by atoms with Crippen molar-refractivity contribution in [3.8, 4) is 5.75 Å². The largest absolute Gasteiger partial charge is 0.573 e. The molecule has 2 aromatic rings. The number of aryl methyl sites for hydroxylation is 1. The minimum atomic E-state index is -4.79. The van der Waals surface area contributed by atoms with Crippen molar-refractivity contribution in [3.05, 3.63) is 59.9 Å². The number of para-hydroxylation sites is 1. The maximum absolute atomic E-state index is 14.1. The number of alkyl halides is 3. The first-order chi connectivity index (χ1) is 17.1. The first-order valence-corrected chi connectivity index (χ1v) is 11.3. The molecule has 1 aliphatic heterocycles. The quantitative estimate of drug-likeness (QED) is 0.271. The number of aliphatic hydroxyl groups excluding tert-OH is 1. The zero-order valence-electron chi connectivity index (χ0n) is 19.2. The number of hydroxylamine groups is 1. The zero-order chi connectivity index (χ0) is 26.3. The van der Waals surface area contributed by atoms with Crippen LogP contribution in [0.1, 0.15) is 18.4 Å². The standard InChI is InChI=1S/C24H27F4N3O5/c25-19-6-1-2-7-20(19)30-12-14-31(15-13-30)23(34)18(21(32)22(33)29-35)5-3-4-16-8-10-17(11-9-16)36-24(26,27)28/h1-2,6-11,18,21,32,35H,3-5,12-15H2,(H,29,33)/t18-,21+/m1/s1. The molecule has 12 heteroatoms. The Kier molecular flexibility index (Phi) is 9.10. The van der Waals surface area contributed by atoms with Crippen LogP contribution in [0.5, 0.6) is 5.75 Å². The summed E-state index contributed by atoms with van der Waals surface area (Å²) in [6, 6.07) is 11.6. The lowest BCUT2D eigenvalue weighted by atomic mass is 9.92. The van der Waals surface area contributed by atoms with E-state index in [2.05, 4.69) is 4.74 Å². The Morgan fingerprint density at radius 2 is 1.67 bits per heavy atom. The first-order valence-electron chi connectivity index (χ1n) is 11.3. The normalized spacial score (nSPS) is 15.8. The number of nitrogens with one attached hydrogen (secondary N) is 1. The van der Waals surface area contributed by atoms with Gasteiger partial charge in [-0.1, -0.05) is 24.3 Å². The summed E-state index contributed by atoms with van der Waals surface area (Å²) in [6.45, 7) is 1.21. The summed E-state index contributed by atoms with van der Waals surface area (Å²) < 4.78 is 54.8. The maximum atomic E-state index is 14.1. The third-order valence-electron chi connectivity index (χ3n) is 6.00. The van der Waals surface area contributed by atoms with E-state index in [-0.39, 0.29) is 31.1 Å². The number of nitrogens with zero attached hydrogens (tertiary/aromatic N) is 2. The van der Waals surface area contributed by atoms with E-state index in [1.807, 2.05) is 0 Å². The van der Waals surface area contributed by atoms with Crippen molar-refractivity contribution in [2.24, 2.45) is 5.92 Å². The topological polar surface area (TPSA) is 102 Å². The van der Waals surface area contributed by atoms with E-state index in [0.29, 0.717) is 37.2 Å². The van der Waals surface area contributed by atoms with Crippen molar-refractivity contribution in [1.29, 1.82) is 0 Å². The number of piperazine rings is 1. The Balaban J connectivity index is 1.60. The van der Waals surface area contributed by atoms with Gasteiger partial charge in [-0.2, -0.15) is 0 Å². The van der Waals surface area contributed by atoms with Gasteiger partial charge >= 0.3 is 6.36 Å². The minimum absolute atomic E-state index is 0.0851. The maximum Gasteiger partial charge on any atom is 0.573 e. The van der Waals surface area contributed by atoms with Crippen molar-refractivity contribution in [2.75, 3.05) is 31.1 Å². The van der Waals surface area contributed by atoms with Gasteiger partial charge in [0.2, 0.25) is 5.91 Å². The van der Waals surface area contributed by atoms with Gasteiger partial charge < -0.3 is 19.6 Å². The van der Waals surface area contributed by atoms with Gasteiger partial charge in [-0.05, 0) is 49.1 Å². The highest BCUT2D eigenvalue weighted by atomic mass is 19.4. The number of hydrogen-bond acceptors (Lipinski definition) is 6. The molecule has 1 fully saturated rings. The molecule has 0 aliphatic carbocycles. The second kappa shape index (κ2) is 12.0. The summed E-state index contributed by atoms with van der Waals surface area (Å²) in [5, 5.41) is 19.3. The smallest absolute Gasteiger partial charge is 0.406 e. The summed E-state index contributed by atoms with van der Waals surface area (Å²) in [7, 11) is 0. The lowest BCUT2D eigenvalue weighted by Crippen LogP contribution is -2.53. The Hall–Kier alpha value is -3.38. The molecule has 196 valence electrons. The predicted octanol–water partition coefficient (Wildman–Crippen LogP) is 2.88. The van der Waals surface area contributed by atoms with Crippen LogP contribution in [-0.4, -0.2) is 65.7 Å². The summed E-state index contributed by atoms with van der Waals surface area (Å²) in [4.78, 5) is 28.3. The number of ether oxygens (including phenoxy) is 1. The molecule has 2 atom stereocenters. The molecule has 0 radical (unpaired) electrons. The molecule has 0 unspecified atom stereocenters. The summed E-state index contributed by atoms with van der Waals surface area (Å²) in [5.74, 6) is -3.47. The van der Waals surface area contributed by atoms with Crippen molar-refractivity contribution >= 4 is 17.5 Å². The molecular weight excluding hydrogens is 486 g/mol. The van der Waals surface area contributed by atoms with Crippen LogP contribution in [-0.2, 0) is 16.0 Å². The molecule has 2 amide bonds. The van der Waals surface area contributed by atoms with Crippen molar-refractivity contribution in [1.82, 2.24) is 10.4 Å². The van der Waals surface area contributed by atoms with E-state index < -0.39 is 30.2 Å². The Morgan fingerprint density at radius 3 is 2.25 bits per heavy atom. The number of amides is 2. The van der Waals surface area contributed by atoms with Crippen LogP contribution in [0.4, 0.5) is 23.2 Å². The van der Waals surface area contributed by atoms with Gasteiger partial charge in [0.15, 0.2) is 0 Å². The molecule has 3 N–H and O–H groups in total. The van der Waals surface area contributed by atoms with Gasteiger partial charge in [-0.3, -0.25) is 14.8 Å². The van der Waals surface area contributed by atoms with Crippen LogP contribution in [0.25, 0.3) is 0 Å². The molecule has 8 nitrogen and oxygen atoms in total. The number of rotatable bonds is 9. The zero-order valence-corrected chi connectivity index (χ0v) is 19.2. The van der Waals surface area contributed by atoms with Crippen LogP contribution in [0.2, 0.25) is 0 Å². The van der Waals surface area contributed by atoms with Crippen LogP contribution in [0, 0.1) is 11.7 Å². The molecule has 36 heavy (non-hydrogen) atoms. The number of carbonyl (C=O) groups is 2. The SMILES string of the molecule is O=C(NO)[C@@H](O)[C@@H](CCCc1ccc(OC(F)(F)F)cc1)C(=O)N1CCN(c2ccccc2F)CC1. The number of benzene rings is 2. The van der Waals surface area contributed by atoms with E-state index in [1.54, 1.807) is 23.1 Å². The minimum Gasteiger partial charge on any atom is -0.406 e. The van der Waals surface area contributed by atoms with E-state index in [1.165, 1.54) is 40.7 Å². The van der Waals surface area contributed by atoms with Gasteiger partial charge in [-0.25, -0.2) is 9.87 Å². The lowest BCUT2D eigenvalue weighted by molar-refractivity contribution is -0.274. The number of carbonyl (C=O) groups excluding carboxylic acids is 2. The monoisotopic (exact) mass is 513 g/mol. The average Bonchev–Trinajstić information content (AvgIpc) is 2.86. The third kappa shape index (κ3) is 7.31. The molecule has 1 aliphatic rings. The molecule has 0 spiro atoms. The Bertz CT molecular complexity index is 1030. The van der Waals surface area contributed by atoms with Crippen LogP contribution < -0.4 is 15.1 Å². The van der Waals surface area contributed by atoms with Gasteiger partial charge in [-0.15, -0.1) is 13.2 Å². The predicted molar refractivity (Wildman–Crippen MR) is 121 cm³/mol. The summed E-state index contributed by atoms with van der Waals surface area (Å²) in [6.07, 6.45) is -5.80. The molecule has 1 heterocycles. The first kappa shape index (κ1) is 27.2. The highest BCUT2D eigenvalue weighted by Crippen LogP contribution is 2.25. The van der Waals surface area contributed by atoms with E-state index >= 15 is 0 Å². The van der Waals surface area contributed by atoms with Gasteiger partial charge in [0.05, 0.1) is 11.6 Å². The fourth-order valence-corrected chi connectivity index (χ4v) is 4.16. The van der Waals surface area contributed by atoms with E-state index in [0.717, 1.165) is 0 Å². The molecule has 1 saturated heterocycles. The molecular formula is C24H27F4N3O5. The fraction of sp³-hybridized carbons (Fsp3) is 0.417. The van der Waals surface area contributed by atoms with Crippen LogP contribution in [0.3, 0.4) is 0 Å².